The minimum atomic E-state index is -4.44. The van der Waals surface area contributed by atoms with Gasteiger partial charge in [-0.1, -0.05) is 11.6 Å². The molecule has 1 amide bonds. The number of hydrogen-bond acceptors (Lipinski definition) is 6. The number of carbonyl (C=O) groups is 2. The number of aryl methyl sites for hydroxylation is 1. The van der Waals surface area contributed by atoms with E-state index in [9.17, 15) is 23.1 Å². The van der Waals surface area contributed by atoms with E-state index in [-0.39, 0.29) is 52.3 Å². The van der Waals surface area contributed by atoms with Crippen LogP contribution in [0.4, 0.5) is 5.69 Å². The smallest absolute Gasteiger partial charge is 0.548 e. The summed E-state index contributed by atoms with van der Waals surface area (Å²) < 4.78 is 31.2. The first kappa shape index (κ1) is 19.4. The predicted octanol–water partition coefficient (Wildman–Crippen LogP) is -3.74. The number of nitrogens with zero attached hydrogens (tertiary/aromatic N) is 1. The number of benzene rings is 1. The van der Waals surface area contributed by atoms with Crippen molar-refractivity contribution in [2.45, 2.75) is 24.3 Å². The topological polar surface area (TPSA) is 127 Å². The van der Waals surface area contributed by atoms with Crippen LogP contribution in [-0.2, 0) is 19.7 Å². The molecule has 22 heavy (non-hydrogen) atoms. The zero-order chi connectivity index (χ0) is 15.9. The number of hydrazine groups is 1. The number of amides is 1. The van der Waals surface area contributed by atoms with Gasteiger partial charge < -0.3 is 9.90 Å². The number of aliphatic carboxylic acids is 1. The van der Waals surface area contributed by atoms with Gasteiger partial charge in [-0.15, -0.1) is 0 Å². The molecule has 1 fully saturated rings. The van der Waals surface area contributed by atoms with E-state index < -0.39 is 32.9 Å². The summed E-state index contributed by atoms with van der Waals surface area (Å²) in [6.07, 6.45) is -0.307. The van der Waals surface area contributed by atoms with Crippen LogP contribution >= 0.6 is 11.6 Å². The monoisotopic (exact) mass is 356 g/mol. The number of nitrogens with one attached hydrogen (secondary N) is 1. The van der Waals surface area contributed by atoms with Crippen molar-refractivity contribution in [2.24, 2.45) is 0 Å². The van der Waals surface area contributed by atoms with E-state index in [1.807, 2.05) is 0 Å². The Kier molecular flexibility index (Phi) is 6.01. The fourth-order valence-corrected chi connectivity index (χ4v) is 3.01. The van der Waals surface area contributed by atoms with Crippen molar-refractivity contribution in [3.63, 3.8) is 0 Å². The van der Waals surface area contributed by atoms with Gasteiger partial charge in [0.1, 0.15) is 0 Å². The van der Waals surface area contributed by atoms with Crippen LogP contribution in [-0.4, -0.2) is 30.9 Å². The Morgan fingerprint density at radius 1 is 1.50 bits per heavy atom. The van der Waals surface area contributed by atoms with Gasteiger partial charge in [0, 0.05) is 0 Å². The quantitative estimate of drug-likeness (QED) is 0.421. The molecule has 114 valence electrons. The van der Waals surface area contributed by atoms with Gasteiger partial charge in [-0.05, 0) is 24.6 Å². The Morgan fingerprint density at radius 3 is 2.50 bits per heavy atom. The number of anilines is 1. The van der Waals surface area contributed by atoms with Crippen molar-refractivity contribution < 1.29 is 57.2 Å². The fourth-order valence-electron chi connectivity index (χ4n) is 2.00. The van der Waals surface area contributed by atoms with E-state index in [1.54, 1.807) is 0 Å². The van der Waals surface area contributed by atoms with Crippen LogP contribution in [0.15, 0.2) is 17.0 Å². The molecule has 1 unspecified atom stereocenters. The molecular formula is C11H10ClN2NaO6S. The summed E-state index contributed by atoms with van der Waals surface area (Å²) in [5.74, 6) is -1.98. The molecule has 1 aromatic carbocycles. The van der Waals surface area contributed by atoms with Gasteiger partial charge in [-0.2, -0.15) is 8.42 Å². The van der Waals surface area contributed by atoms with Crippen LogP contribution in [0.2, 0.25) is 5.02 Å². The van der Waals surface area contributed by atoms with Gasteiger partial charge in [0.15, 0.2) is 0 Å². The maximum absolute atomic E-state index is 11.8. The second kappa shape index (κ2) is 6.83. The Balaban J connectivity index is 0.00000242. The van der Waals surface area contributed by atoms with E-state index in [1.165, 1.54) is 6.92 Å². The summed E-state index contributed by atoms with van der Waals surface area (Å²) in [6, 6.07) is 0.910. The first-order valence-corrected chi connectivity index (χ1v) is 7.50. The molecule has 2 N–H and O–H groups in total. The van der Waals surface area contributed by atoms with Crippen LogP contribution in [0.1, 0.15) is 12.0 Å². The molecular weight excluding hydrogens is 347 g/mol. The molecule has 0 radical (unpaired) electrons. The molecule has 1 aliphatic heterocycles. The average Bonchev–Trinajstić information content (AvgIpc) is 2.69. The second-order valence-electron chi connectivity index (χ2n) is 4.48. The van der Waals surface area contributed by atoms with Crippen LogP contribution in [0.3, 0.4) is 0 Å². The summed E-state index contributed by atoms with van der Waals surface area (Å²) >= 11 is 5.94. The number of carboxylic acid groups (broad SMARTS) is 1. The van der Waals surface area contributed by atoms with Gasteiger partial charge in [0.2, 0.25) is 5.91 Å². The Morgan fingerprint density at radius 2 is 2.09 bits per heavy atom. The third kappa shape index (κ3) is 3.80. The first-order valence-electron chi connectivity index (χ1n) is 5.69. The number of hydrogen-bond donors (Lipinski definition) is 2. The van der Waals surface area contributed by atoms with Crippen molar-refractivity contribution in [1.82, 2.24) is 5.43 Å². The van der Waals surface area contributed by atoms with Crippen LogP contribution in [0.5, 0.6) is 0 Å². The van der Waals surface area contributed by atoms with Gasteiger partial charge in [0.25, 0.3) is 10.1 Å². The number of rotatable bonds is 3. The number of halogens is 1. The fraction of sp³-hybridized carbons (Fsp3) is 0.273. The standard InChI is InChI=1S/C11H11ClN2O6S.Na/c1-5-2-6(21(18,19)20)3-7(12)10(5)14-9(15)4-8(13-14)11(16)17;/h2-3,8,13H,4H2,1H3,(H,16,17)(H,18,19,20);/q;+1/p-1. The van der Waals surface area contributed by atoms with Crippen LogP contribution in [0.25, 0.3) is 0 Å². The summed E-state index contributed by atoms with van der Waals surface area (Å²) in [4.78, 5) is 22.2. The maximum atomic E-state index is 11.8. The van der Waals surface area contributed by atoms with E-state index in [2.05, 4.69) is 5.43 Å². The summed E-state index contributed by atoms with van der Waals surface area (Å²) in [6.45, 7) is 1.47. The Hall–Kier alpha value is -0.680. The third-order valence-corrected chi connectivity index (χ3v) is 4.07. The molecule has 1 heterocycles. The summed E-state index contributed by atoms with van der Waals surface area (Å²) in [5, 5.41) is 11.6. The van der Waals surface area contributed by atoms with Gasteiger partial charge in [-0.25, -0.2) is 10.4 Å². The average molecular weight is 357 g/mol. The molecule has 8 nitrogen and oxygen atoms in total. The summed E-state index contributed by atoms with van der Waals surface area (Å²) in [7, 11) is -4.44. The SMILES string of the molecule is Cc1cc(S(=O)(=O)O)cc(Cl)c1N1NC(C(=O)[O-])CC1=O.[Na+]. The molecule has 1 aromatic rings. The maximum Gasteiger partial charge on any atom is 1.00 e. The van der Waals surface area contributed by atoms with Crippen molar-refractivity contribution in [3.8, 4) is 0 Å². The molecule has 2 rings (SSSR count). The Bertz CT molecular complexity index is 715. The van der Waals surface area contributed by atoms with Crippen LogP contribution in [0, 0.1) is 6.92 Å². The van der Waals surface area contributed by atoms with E-state index in [4.69, 9.17) is 16.2 Å². The van der Waals surface area contributed by atoms with E-state index >= 15 is 0 Å². The van der Waals surface area contributed by atoms with Gasteiger partial charge >= 0.3 is 29.6 Å². The third-order valence-electron chi connectivity index (χ3n) is 2.95. The van der Waals surface area contributed by atoms with Crippen LogP contribution < -0.4 is 45.1 Å². The molecule has 11 heteroatoms. The van der Waals surface area contributed by atoms with Gasteiger partial charge in [-0.3, -0.25) is 9.35 Å². The molecule has 0 bridgehead atoms. The zero-order valence-corrected chi connectivity index (χ0v) is 15.2. The number of carboxylic acids is 1. The predicted molar refractivity (Wildman–Crippen MR) is 70.0 cm³/mol. The first-order chi connectivity index (χ1) is 9.61. The molecule has 1 aliphatic rings. The van der Waals surface area contributed by atoms with Crippen molar-refractivity contribution >= 4 is 39.3 Å². The number of carbonyl (C=O) groups excluding carboxylic acids is 2. The Labute approximate surface area is 153 Å². The van der Waals surface area contributed by atoms with E-state index in [0.717, 1.165) is 17.1 Å². The molecule has 0 spiro atoms. The molecule has 1 atom stereocenters. The van der Waals surface area contributed by atoms with E-state index in [0.29, 0.717) is 0 Å². The minimum absolute atomic E-state index is 0. The molecule has 0 aliphatic carbocycles. The van der Waals surface area contributed by atoms with Gasteiger partial charge in [0.05, 0.1) is 34.0 Å². The van der Waals surface area contributed by atoms with Crippen molar-refractivity contribution in [3.05, 3.63) is 22.7 Å². The second-order valence-corrected chi connectivity index (χ2v) is 6.31. The largest absolute Gasteiger partial charge is 1.00 e. The summed E-state index contributed by atoms with van der Waals surface area (Å²) in [5.41, 5.74) is 2.82. The van der Waals surface area contributed by atoms with Crippen molar-refractivity contribution in [1.29, 1.82) is 0 Å². The van der Waals surface area contributed by atoms with Crippen molar-refractivity contribution in [2.75, 3.05) is 5.01 Å². The normalized spacial score (nSPS) is 18.2. The zero-order valence-electron chi connectivity index (χ0n) is 11.7. The molecule has 0 saturated carbocycles. The molecule has 1 saturated heterocycles. The molecule has 0 aromatic heterocycles. The minimum Gasteiger partial charge on any atom is -0.548 e.